The molecule has 1 aliphatic rings. The number of halogens is 1. The summed E-state index contributed by atoms with van der Waals surface area (Å²) in [7, 11) is 0. The number of nitriles is 2. The molecule has 1 atom stereocenters. The van der Waals surface area contributed by atoms with Crippen LogP contribution in [-0.4, -0.2) is 38.4 Å². The summed E-state index contributed by atoms with van der Waals surface area (Å²) >= 11 is 0. The fourth-order valence-corrected chi connectivity index (χ4v) is 8.74. The normalized spacial score (nSPS) is 15.2. The smallest absolute Gasteiger partial charge is 0.333 e. The number of nitrogens with zero attached hydrogens (tertiary/aromatic N) is 2. The second-order valence-electron chi connectivity index (χ2n) is 18.4. The highest BCUT2D eigenvalue weighted by atomic mass is 19.1. The summed E-state index contributed by atoms with van der Waals surface area (Å²) < 4.78 is 40.2. The Morgan fingerprint density at radius 1 is 0.731 bits per heavy atom. The van der Waals surface area contributed by atoms with Gasteiger partial charge in [0.25, 0.3) is 0 Å². The van der Waals surface area contributed by atoms with Gasteiger partial charge < -0.3 is 18.9 Å². The van der Waals surface area contributed by atoms with Crippen molar-refractivity contribution < 1.29 is 32.9 Å². The van der Waals surface area contributed by atoms with Gasteiger partial charge in [0, 0.05) is 23.1 Å². The number of esters is 2. The van der Waals surface area contributed by atoms with E-state index in [9.17, 15) is 20.1 Å². The first-order chi connectivity index (χ1) is 32.2. The van der Waals surface area contributed by atoms with Crippen LogP contribution in [0.4, 0.5) is 4.39 Å². The second kappa shape index (κ2) is 26.9. The van der Waals surface area contributed by atoms with Gasteiger partial charge in [0.05, 0.1) is 30.6 Å². The van der Waals surface area contributed by atoms with Gasteiger partial charge in [0.2, 0.25) is 0 Å². The number of carbonyl (C=O) groups excluding carboxylic acids is 2. The molecule has 0 N–H and O–H groups in total. The van der Waals surface area contributed by atoms with Crippen LogP contribution in [0, 0.1) is 39.8 Å². The minimum atomic E-state index is -1.10. The van der Waals surface area contributed by atoms with Gasteiger partial charge in [0.1, 0.15) is 31.4 Å². The molecule has 1 fully saturated rings. The van der Waals surface area contributed by atoms with Crippen LogP contribution in [0.25, 0.3) is 22.3 Å². The summed E-state index contributed by atoms with van der Waals surface area (Å²) in [6.45, 7) is 24.2. The van der Waals surface area contributed by atoms with E-state index < -0.39 is 17.4 Å². The van der Waals surface area contributed by atoms with Crippen molar-refractivity contribution in [3.05, 3.63) is 131 Å². The van der Waals surface area contributed by atoms with E-state index in [1.54, 1.807) is 26.8 Å². The summed E-state index contributed by atoms with van der Waals surface area (Å²) in [4.78, 5) is 24.9. The third-order valence-corrected chi connectivity index (χ3v) is 12.7. The molecule has 0 radical (unpaired) electrons. The van der Waals surface area contributed by atoms with Crippen LogP contribution in [0.2, 0.25) is 0 Å². The first kappa shape index (κ1) is 53.5. The van der Waals surface area contributed by atoms with E-state index in [2.05, 4.69) is 82.3 Å². The third kappa shape index (κ3) is 15.7. The Hall–Kier alpha value is -6.15. The van der Waals surface area contributed by atoms with Gasteiger partial charge in [-0.2, -0.15) is 10.5 Å². The van der Waals surface area contributed by atoms with Gasteiger partial charge in [-0.1, -0.05) is 102 Å². The number of benzene rings is 3. The number of rotatable bonds is 27. The lowest BCUT2D eigenvalue weighted by atomic mass is 9.76. The molecule has 3 aromatic carbocycles. The molecule has 0 spiro atoms. The lowest BCUT2D eigenvalue weighted by Crippen LogP contribution is -2.39. The summed E-state index contributed by atoms with van der Waals surface area (Å²) in [5.74, 6) is 0.735. The number of unbranched alkanes of at least 4 members (excludes halogenated alkanes) is 3. The SMILES string of the molecule is C=C=C(OCC(CC#N)(COC(=O)C(=C)C)COc1ccc(-c2cc(CC)c(-c3ccc(C4CCC(CCCCC)CC4)cc3F)cc2CCCOC(=O)C(=C)C)cc1CCCC#N)C(=C)C. The molecular formula is C58H71FN2O6. The monoisotopic (exact) mass is 911 g/mol. The maximum absolute atomic E-state index is 16.5. The molecule has 0 aliphatic heterocycles. The summed E-state index contributed by atoms with van der Waals surface area (Å²) in [6, 6.07) is 20.4. The van der Waals surface area contributed by atoms with E-state index in [0.717, 1.165) is 57.7 Å². The van der Waals surface area contributed by atoms with Crippen LogP contribution in [0.5, 0.6) is 5.75 Å². The molecule has 9 heteroatoms. The number of hydrogen-bond donors (Lipinski definition) is 0. The Kier molecular flexibility index (Phi) is 21.4. The van der Waals surface area contributed by atoms with Crippen molar-refractivity contribution in [3.63, 3.8) is 0 Å². The zero-order valence-electron chi connectivity index (χ0n) is 40.8. The van der Waals surface area contributed by atoms with Crippen LogP contribution >= 0.6 is 0 Å². The molecule has 1 unspecified atom stereocenters. The van der Waals surface area contributed by atoms with Crippen molar-refractivity contribution in [1.29, 1.82) is 10.5 Å². The molecule has 1 saturated carbocycles. The molecule has 4 rings (SSSR count). The number of ether oxygens (including phenoxy) is 4. The predicted octanol–water partition coefficient (Wildman–Crippen LogP) is 14.1. The molecular weight excluding hydrogens is 840 g/mol. The van der Waals surface area contributed by atoms with Gasteiger partial charge >= 0.3 is 11.9 Å². The van der Waals surface area contributed by atoms with E-state index in [-0.39, 0.29) is 44.2 Å². The van der Waals surface area contributed by atoms with Crippen LogP contribution in [0.15, 0.2) is 103 Å². The van der Waals surface area contributed by atoms with E-state index >= 15 is 4.39 Å². The molecule has 0 bridgehead atoms. The second-order valence-corrected chi connectivity index (χ2v) is 18.4. The quantitative estimate of drug-likeness (QED) is 0.0185. The fraction of sp³-hybridized carbons (Fsp3) is 0.466. The van der Waals surface area contributed by atoms with E-state index in [4.69, 9.17) is 18.9 Å². The molecule has 8 nitrogen and oxygen atoms in total. The highest BCUT2D eigenvalue weighted by Gasteiger charge is 2.36. The number of hydrogen-bond acceptors (Lipinski definition) is 8. The van der Waals surface area contributed by atoms with Crippen LogP contribution in [0.1, 0.15) is 140 Å². The van der Waals surface area contributed by atoms with Crippen LogP contribution in [-0.2, 0) is 43.1 Å². The van der Waals surface area contributed by atoms with Gasteiger partial charge in [-0.25, -0.2) is 14.0 Å². The highest BCUT2D eigenvalue weighted by molar-refractivity contribution is 5.87. The van der Waals surface area contributed by atoms with E-state index in [1.807, 2.05) is 18.2 Å². The summed E-state index contributed by atoms with van der Waals surface area (Å²) in [5, 5.41) is 19.5. The first-order valence-electron chi connectivity index (χ1n) is 24.0. The van der Waals surface area contributed by atoms with Crippen molar-refractivity contribution in [2.24, 2.45) is 11.3 Å². The van der Waals surface area contributed by atoms with Crippen LogP contribution in [0.3, 0.4) is 0 Å². The Balaban J connectivity index is 1.75. The maximum Gasteiger partial charge on any atom is 0.333 e. The molecule has 3 aromatic rings. The number of aryl methyl sites for hydroxylation is 3. The largest absolute Gasteiger partial charge is 0.492 e. The summed E-state index contributed by atoms with van der Waals surface area (Å²) in [6.07, 6.45) is 12.8. The van der Waals surface area contributed by atoms with Crippen molar-refractivity contribution in [1.82, 2.24) is 0 Å². The average Bonchev–Trinajstić information content (AvgIpc) is 3.31. The van der Waals surface area contributed by atoms with Gasteiger partial charge in [-0.15, -0.1) is 0 Å². The van der Waals surface area contributed by atoms with Gasteiger partial charge in [-0.05, 0) is 153 Å². The molecule has 1 aliphatic carbocycles. The van der Waals surface area contributed by atoms with E-state index in [0.29, 0.717) is 72.7 Å². The van der Waals surface area contributed by atoms with Crippen molar-refractivity contribution >= 4 is 11.9 Å². The zero-order valence-corrected chi connectivity index (χ0v) is 40.8. The fourth-order valence-electron chi connectivity index (χ4n) is 8.74. The molecule has 0 aromatic heterocycles. The average molecular weight is 911 g/mol. The Bertz CT molecular complexity index is 2370. The lowest BCUT2D eigenvalue weighted by molar-refractivity contribution is -0.144. The third-order valence-electron chi connectivity index (χ3n) is 12.7. The minimum Gasteiger partial charge on any atom is -0.492 e. The van der Waals surface area contributed by atoms with Crippen molar-refractivity contribution in [2.75, 3.05) is 26.4 Å². The Labute approximate surface area is 399 Å². The lowest BCUT2D eigenvalue weighted by Gasteiger charge is -2.31. The Morgan fingerprint density at radius 3 is 2.04 bits per heavy atom. The zero-order chi connectivity index (χ0) is 48.9. The molecule has 67 heavy (non-hydrogen) atoms. The van der Waals surface area contributed by atoms with Crippen molar-refractivity contribution in [3.8, 4) is 40.1 Å². The number of carbonyl (C=O) groups is 2. The minimum absolute atomic E-state index is 0.0528. The van der Waals surface area contributed by atoms with Gasteiger partial charge in [-0.3, -0.25) is 0 Å². The molecule has 356 valence electrons. The Morgan fingerprint density at radius 2 is 1.42 bits per heavy atom. The van der Waals surface area contributed by atoms with Gasteiger partial charge in [0.15, 0.2) is 5.76 Å². The standard InChI is InChI=1S/C58H71FN2O6/c1-10-13-14-18-43-21-23-45(24-22-43)46-25-27-50(53(59)36-46)52-35-47(20-17-32-64-56(62)41(6)7)51(34-44(52)11-2)48-26-28-55(49(33-48)19-15-16-30-60)66-38-58(29-31-61,39-67-57(63)42(8)9)37-65-54(12-3)40(4)5/h25-28,33-36,43,45H,3-4,6,8,10-11,13-24,29,32,37-39H2,1-2,5,7,9H3. The molecule has 0 amide bonds. The highest BCUT2D eigenvalue weighted by Crippen LogP contribution is 2.41. The molecule has 0 saturated heterocycles. The topological polar surface area (TPSA) is 119 Å². The predicted molar refractivity (Wildman–Crippen MR) is 265 cm³/mol. The molecule has 0 heterocycles. The van der Waals surface area contributed by atoms with E-state index in [1.165, 1.54) is 38.5 Å². The number of allylic oxidation sites excluding steroid dienone is 1. The maximum atomic E-state index is 16.5. The van der Waals surface area contributed by atoms with Crippen LogP contribution < -0.4 is 4.74 Å². The van der Waals surface area contributed by atoms with Crippen molar-refractivity contribution in [2.45, 2.75) is 137 Å². The summed E-state index contributed by atoms with van der Waals surface area (Å²) in [5.41, 5.74) is 9.89. The first-order valence-corrected chi connectivity index (χ1v) is 24.0.